The summed E-state index contributed by atoms with van der Waals surface area (Å²) in [4.78, 5) is 27.5. The predicted molar refractivity (Wildman–Crippen MR) is 75.3 cm³/mol. The molecule has 0 aliphatic carbocycles. The van der Waals surface area contributed by atoms with Crippen molar-refractivity contribution < 1.29 is 14.3 Å². The monoisotopic (exact) mass is 272 g/mol. The topological polar surface area (TPSA) is 82.3 Å². The Morgan fingerprint density at radius 1 is 1.30 bits per heavy atom. The van der Waals surface area contributed by atoms with E-state index < -0.39 is 18.5 Å². The third-order valence-electron chi connectivity index (χ3n) is 3.12. The van der Waals surface area contributed by atoms with Gasteiger partial charge in [0.2, 0.25) is 0 Å². The number of pyridine rings is 1. The molecule has 0 bridgehead atoms. The van der Waals surface area contributed by atoms with Crippen molar-refractivity contribution in [1.82, 2.24) is 4.98 Å². The molecule has 5 nitrogen and oxygen atoms in total. The van der Waals surface area contributed by atoms with Crippen LogP contribution < -0.4 is 5.73 Å². The second-order valence-electron chi connectivity index (χ2n) is 4.47. The van der Waals surface area contributed by atoms with Gasteiger partial charge in [-0.25, -0.2) is 4.79 Å². The van der Waals surface area contributed by atoms with Crippen molar-refractivity contribution in [3.8, 4) is 0 Å². The third kappa shape index (κ3) is 2.61. The Hall–Kier alpha value is -2.43. The van der Waals surface area contributed by atoms with Gasteiger partial charge in [-0.3, -0.25) is 9.78 Å². The summed E-state index contributed by atoms with van der Waals surface area (Å²) in [6, 6.07) is 7.36. The summed E-state index contributed by atoms with van der Waals surface area (Å²) in [7, 11) is 0. The molecule has 1 aromatic carbocycles. The number of fused-ring (bicyclic) bond motifs is 1. The van der Waals surface area contributed by atoms with Crippen LogP contribution in [-0.4, -0.2) is 23.5 Å². The number of nitrogens with two attached hydrogens (primary N) is 1. The van der Waals surface area contributed by atoms with Crippen molar-refractivity contribution >= 4 is 22.8 Å². The van der Waals surface area contributed by atoms with Crippen molar-refractivity contribution in [1.29, 1.82) is 0 Å². The van der Waals surface area contributed by atoms with Crippen LogP contribution in [-0.2, 0) is 16.0 Å². The molecule has 0 radical (unpaired) electrons. The number of carbonyl (C=O) groups is 2. The minimum Gasteiger partial charge on any atom is -0.452 e. The summed E-state index contributed by atoms with van der Waals surface area (Å²) in [5.41, 5.74) is 7.81. The van der Waals surface area contributed by atoms with Gasteiger partial charge in [-0.1, -0.05) is 25.1 Å². The van der Waals surface area contributed by atoms with Gasteiger partial charge in [-0.15, -0.1) is 0 Å². The van der Waals surface area contributed by atoms with Gasteiger partial charge in [0.25, 0.3) is 5.91 Å². The normalized spacial score (nSPS) is 10.5. The molecule has 0 aliphatic rings. The maximum atomic E-state index is 12.2. The van der Waals surface area contributed by atoms with Crippen LogP contribution in [0.5, 0.6) is 0 Å². The number of amides is 1. The lowest BCUT2D eigenvalue weighted by atomic mass is 10.0. The summed E-state index contributed by atoms with van der Waals surface area (Å²) >= 11 is 0. The second kappa shape index (κ2) is 5.69. The number of aryl methyl sites for hydroxylation is 1. The minimum absolute atomic E-state index is 0.420. The lowest BCUT2D eigenvalue weighted by Crippen LogP contribution is -2.21. The Bertz CT molecular complexity index is 680. The Morgan fingerprint density at radius 3 is 2.65 bits per heavy atom. The van der Waals surface area contributed by atoms with Crippen LogP contribution in [0, 0.1) is 6.92 Å². The highest BCUT2D eigenvalue weighted by atomic mass is 16.5. The highest BCUT2D eigenvalue weighted by Gasteiger charge is 2.18. The molecule has 20 heavy (non-hydrogen) atoms. The van der Waals surface area contributed by atoms with Crippen molar-refractivity contribution in [2.75, 3.05) is 6.61 Å². The molecule has 1 amide bonds. The maximum absolute atomic E-state index is 12.2. The zero-order valence-electron chi connectivity index (χ0n) is 11.5. The zero-order chi connectivity index (χ0) is 14.7. The van der Waals surface area contributed by atoms with E-state index in [-0.39, 0.29) is 0 Å². The molecule has 1 heterocycles. The smallest absolute Gasteiger partial charge is 0.339 e. The van der Waals surface area contributed by atoms with Crippen LogP contribution in [0.1, 0.15) is 28.5 Å². The minimum atomic E-state index is -0.676. The summed E-state index contributed by atoms with van der Waals surface area (Å²) in [5.74, 6) is -1.22. The fraction of sp³-hybridized carbons (Fsp3) is 0.267. The SMILES string of the molecule is CCc1nc2ccccc2c(C(=O)OCC(N)=O)c1C. The Kier molecular flexibility index (Phi) is 3.98. The lowest BCUT2D eigenvalue weighted by Gasteiger charge is -2.12. The number of aromatic nitrogens is 1. The summed E-state index contributed by atoms with van der Waals surface area (Å²) in [6.07, 6.45) is 0.715. The highest BCUT2D eigenvalue weighted by molar-refractivity contribution is 6.05. The molecule has 104 valence electrons. The molecular weight excluding hydrogens is 256 g/mol. The molecule has 5 heteroatoms. The maximum Gasteiger partial charge on any atom is 0.339 e. The van der Waals surface area contributed by atoms with Crippen LogP contribution in [0.25, 0.3) is 10.9 Å². The number of benzene rings is 1. The van der Waals surface area contributed by atoms with Crippen LogP contribution in [0.15, 0.2) is 24.3 Å². The number of hydrogen-bond donors (Lipinski definition) is 1. The molecule has 0 fully saturated rings. The van der Waals surface area contributed by atoms with Crippen molar-refractivity contribution in [3.05, 3.63) is 41.1 Å². The predicted octanol–water partition coefficient (Wildman–Crippen LogP) is 1.75. The quantitative estimate of drug-likeness (QED) is 0.859. The number of carbonyl (C=O) groups excluding carboxylic acids is 2. The van der Waals surface area contributed by atoms with Crippen LogP contribution in [0.3, 0.4) is 0 Å². The van der Waals surface area contributed by atoms with Gasteiger partial charge >= 0.3 is 5.97 Å². The number of ether oxygens (including phenoxy) is 1. The van der Waals surface area contributed by atoms with E-state index in [1.807, 2.05) is 38.1 Å². The van der Waals surface area contributed by atoms with Gasteiger partial charge in [0, 0.05) is 11.1 Å². The largest absolute Gasteiger partial charge is 0.452 e. The molecule has 2 aromatic rings. The molecule has 1 aromatic heterocycles. The fourth-order valence-corrected chi connectivity index (χ4v) is 2.17. The van der Waals surface area contributed by atoms with E-state index in [0.29, 0.717) is 12.0 Å². The van der Waals surface area contributed by atoms with E-state index in [2.05, 4.69) is 4.98 Å². The first-order valence-corrected chi connectivity index (χ1v) is 6.38. The average molecular weight is 272 g/mol. The number of primary amides is 1. The highest BCUT2D eigenvalue weighted by Crippen LogP contribution is 2.24. The molecule has 0 unspecified atom stereocenters. The third-order valence-corrected chi connectivity index (χ3v) is 3.12. The number of para-hydroxylation sites is 1. The summed E-state index contributed by atoms with van der Waals surface area (Å²) in [6.45, 7) is 3.39. The molecule has 0 saturated heterocycles. The van der Waals surface area contributed by atoms with Crippen LogP contribution in [0.2, 0.25) is 0 Å². The first-order chi connectivity index (χ1) is 9.54. The molecule has 0 saturated carbocycles. The number of rotatable bonds is 4. The van der Waals surface area contributed by atoms with E-state index in [4.69, 9.17) is 10.5 Å². The Balaban J connectivity index is 2.57. The molecule has 0 spiro atoms. The zero-order valence-corrected chi connectivity index (χ0v) is 11.5. The first-order valence-electron chi connectivity index (χ1n) is 6.38. The summed E-state index contributed by atoms with van der Waals surface area (Å²) < 4.78 is 4.94. The van der Waals surface area contributed by atoms with Gasteiger partial charge in [0.15, 0.2) is 6.61 Å². The second-order valence-corrected chi connectivity index (χ2v) is 4.47. The molecular formula is C15H16N2O3. The van der Waals surface area contributed by atoms with Crippen LogP contribution >= 0.6 is 0 Å². The van der Waals surface area contributed by atoms with Crippen LogP contribution in [0.4, 0.5) is 0 Å². The molecule has 2 N–H and O–H groups in total. The van der Waals surface area contributed by atoms with Crippen molar-refractivity contribution in [3.63, 3.8) is 0 Å². The van der Waals surface area contributed by atoms with Crippen molar-refractivity contribution in [2.45, 2.75) is 20.3 Å². The lowest BCUT2D eigenvalue weighted by molar-refractivity contribution is -0.121. The Labute approximate surface area is 116 Å². The first kappa shape index (κ1) is 14.0. The number of hydrogen-bond acceptors (Lipinski definition) is 4. The van der Waals surface area contributed by atoms with Gasteiger partial charge in [-0.05, 0) is 25.0 Å². The van der Waals surface area contributed by atoms with Crippen molar-refractivity contribution in [2.24, 2.45) is 5.73 Å². The van der Waals surface area contributed by atoms with E-state index >= 15 is 0 Å². The van der Waals surface area contributed by atoms with E-state index in [1.165, 1.54) is 0 Å². The van der Waals surface area contributed by atoms with Gasteiger partial charge in [-0.2, -0.15) is 0 Å². The molecule has 2 rings (SSSR count). The van der Waals surface area contributed by atoms with E-state index in [9.17, 15) is 9.59 Å². The number of nitrogens with zero attached hydrogens (tertiary/aromatic N) is 1. The van der Waals surface area contributed by atoms with Gasteiger partial charge in [0.05, 0.1) is 11.1 Å². The van der Waals surface area contributed by atoms with Gasteiger partial charge < -0.3 is 10.5 Å². The standard InChI is InChI=1S/C15H16N2O3/c1-3-11-9(2)14(15(19)20-8-13(16)18)10-6-4-5-7-12(10)17-11/h4-7H,3,8H2,1-2H3,(H2,16,18). The Morgan fingerprint density at radius 2 is 2.00 bits per heavy atom. The molecule has 0 aliphatic heterocycles. The molecule has 0 atom stereocenters. The van der Waals surface area contributed by atoms with E-state index in [0.717, 1.165) is 22.2 Å². The fourth-order valence-electron chi connectivity index (χ4n) is 2.17. The summed E-state index contributed by atoms with van der Waals surface area (Å²) in [5, 5.41) is 0.719. The van der Waals surface area contributed by atoms with Gasteiger partial charge in [0.1, 0.15) is 0 Å². The van der Waals surface area contributed by atoms with E-state index in [1.54, 1.807) is 0 Å². The average Bonchev–Trinajstić information content (AvgIpc) is 2.44. The number of esters is 1.